The van der Waals surface area contributed by atoms with Crippen molar-refractivity contribution >= 4 is 11.9 Å². The standard InChI is InChI=1S/C16H21NO4/c1-17(10-11-21-13-6-3-2-4-7-13)14(18)12-16(15(19)20)8-5-9-16/h2-4,6-7H,5,8-12H2,1H3,(H,19,20). The molecule has 1 fully saturated rings. The third kappa shape index (κ3) is 3.74. The van der Waals surface area contributed by atoms with Crippen molar-refractivity contribution in [1.29, 1.82) is 0 Å². The summed E-state index contributed by atoms with van der Waals surface area (Å²) < 4.78 is 5.53. The predicted octanol–water partition coefficient (Wildman–Crippen LogP) is 2.17. The molecule has 114 valence electrons. The summed E-state index contributed by atoms with van der Waals surface area (Å²) in [6.45, 7) is 0.843. The molecule has 0 bridgehead atoms. The second-order valence-electron chi connectivity index (χ2n) is 5.59. The molecule has 21 heavy (non-hydrogen) atoms. The molecule has 0 unspecified atom stereocenters. The van der Waals surface area contributed by atoms with E-state index in [4.69, 9.17) is 4.74 Å². The second-order valence-corrected chi connectivity index (χ2v) is 5.59. The number of carboxylic acids is 1. The molecule has 0 heterocycles. The summed E-state index contributed by atoms with van der Waals surface area (Å²) in [7, 11) is 1.69. The number of aliphatic carboxylic acids is 1. The van der Waals surface area contributed by atoms with E-state index in [2.05, 4.69) is 0 Å². The van der Waals surface area contributed by atoms with E-state index in [1.165, 1.54) is 0 Å². The number of ether oxygens (including phenoxy) is 1. The van der Waals surface area contributed by atoms with Gasteiger partial charge < -0.3 is 14.7 Å². The van der Waals surface area contributed by atoms with Gasteiger partial charge >= 0.3 is 5.97 Å². The highest BCUT2D eigenvalue weighted by molar-refractivity contribution is 5.85. The highest BCUT2D eigenvalue weighted by Gasteiger charge is 2.46. The van der Waals surface area contributed by atoms with Crippen molar-refractivity contribution in [3.63, 3.8) is 0 Å². The molecule has 5 nitrogen and oxygen atoms in total. The number of hydrogen-bond acceptors (Lipinski definition) is 3. The van der Waals surface area contributed by atoms with Gasteiger partial charge in [0.2, 0.25) is 5.91 Å². The monoisotopic (exact) mass is 291 g/mol. The fourth-order valence-corrected chi connectivity index (χ4v) is 2.44. The number of carbonyl (C=O) groups excluding carboxylic acids is 1. The van der Waals surface area contributed by atoms with E-state index >= 15 is 0 Å². The van der Waals surface area contributed by atoms with Crippen LogP contribution in [-0.2, 0) is 9.59 Å². The molecule has 0 saturated heterocycles. The summed E-state index contributed by atoms with van der Waals surface area (Å²) >= 11 is 0. The molecule has 1 N–H and O–H groups in total. The molecule has 1 aliphatic carbocycles. The van der Waals surface area contributed by atoms with Crippen molar-refractivity contribution < 1.29 is 19.4 Å². The Bertz CT molecular complexity index is 496. The smallest absolute Gasteiger partial charge is 0.310 e. The molecule has 5 heteroatoms. The van der Waals surface area contributed by atoms with Crippen LogP contribution in [0.25, 0.3) is 0 Å². The first-order valence-corrected chi connectivity index (χ1v) is 7.19. The van der Waals surface area contributed by atoms with Crippen LogP contribution >= 0.6 is 0 Å². The molecule has 1 aliphatic rings. The van der Waals surface area contributed by atoms with Crippen LogP contribution in [0.3, 0.4) is 0 Å². The third-order valence-corrected chi connectivity index (χ3v) is 4.12. The summed E-state index contributed by atoms with van der Waals surface area (Å²) in [6.07, 6.45) is 2.18. The van der Waals surface area contributed by atoms with Gasteiger partial charge in [-0.15, -0.1) is 0 Å². The van der Waals surface area contributed by atoms with Crippen LogP contribution in [-0.4, -0.2) is 42.1 Å². The third-order valence-electron chi connectivity index (χ3n) is 4.12. The first kappa shape index (κ1) is 15.4. The van der Waals surface area contributed by atoms with E-state index in [1.54, 1.807) is 11.9 Å². The number of nitrogens with zero attached hydrogens (tertiary/aromatic N) is 1. The number of hydrogen-bond donors (Lipinski definition) is 1. The Morgan fingerprint density at radius 1 is 1.29 bits per heavy atom. The molecule has 0 atom stereocenters. The summed E-state index contributed by atoms with van der Waals surface area (Å²) in [5.74, 6) is -0.218. The van der Waals surface area contributed by atoms with Gasteiger partial charge in [-0.2, -0.15) is 0 Å². The summed E-state index contributed by atoms with van der Waals surface area (Å²) in [4.78, 5) is 24.9. The second kappa shape index (κ2) is 6.61. The van der Waals surface area contributed by atoms with Crippen molar-refractivity contribution in [3.05, 3.63) is 30.3 Å². The minimum atomic E-state index is -0.851. The van der Waals surface area contributed by atoms with Gasteiger partial charge in [0.15, 0.2) is 0 Å². The van der Waals surface area contributed by atoms with Gasteiger partial charge in [0.1, 0.15) is 12.4 Å². The largest absolute Gasteiger partial charge is 0.492 e. The first-order chi connectivity index (χ1) is 10.0. The maximum atomic E-state index is 12.1. The number of rotatable bonds is 7. The average molecular weight is 291 g/mol. The topological polar surface area (TPSA) is 66.8 Å². The van der Waals surface area contributed by atoms with Gasteiger partial charge in [0.25, 0.3) is 0 Å². The molecule has 1 aromatic carbocycles. The highest BCUT2D eigenvalue weighted by atomic mass is 16.5. The number of carbonyl (C=O) groups is 2. The van der Waals surface area contributed by atoms with E-state index in [0.29, 0.717) is 26.0 Å². The van der Waals surface area contributed by atoms with Crippen LogP contribution in [0.2, 0.25) is 0 Å². The lowest BCUT2D eigenvalue weighted by Crippen LogP contribution is -2.43. The predicted molar refractivity (Wildman–Crippen MR) is 78.1 cm³/mol. The van der Waals surface area contributed by atoms with Gasteiger partial charge in [0, 0.05) is 13.5 Å². The van der Waals surface area contributed by atoms with Crippen molar-refractivity contribution in [1.82, 2.24) is 4.90 Å². The zero-order valence-corrected chi connectivity index (χ0v) is 12.2. The summed E-state index contributed by atoms with van der Waals surface area (Å²) in [5.41, 5.74) is -0.828. The highest BCUT2D eigenvalue weighted by Crippen LogP contribution is 2.44. The molecule has 2 rings (SSSR count). The van der Waals surface area contributed by atoms with E-state index in [1.807, 2.05) is 30.3 Å². The Balaban J connectivity index is 1.76. The van der Waals surface area contributed by atoms with Crippen LogP contribution in [0.4, 0.5) is 0 Å². The number of para-hydroxylation sites is 1. The normalized spacial score (nSPS) is 15.9. The van der Waals surface area contributed by atoms with Crippen molar-refractivity contribution in [2.75, 3.05) is 20.2 Å². The van der Waals surface area contributed by atoms with Gasteiger partial charge in [0.05, 0.1) is 12.0 Å². The number of likely N-dealkylation sites (N-methyl/N-ethyl adjacent to an activating group) is 1. The molecular formula is C16H21NO4. The molecule has 0 aliphatic heterocycles. The molecule has 0 aromatic heterocycles. The lowest BCUT2D eigenvalue weighted by molar-refractivity contribution is -0.159. The van der Waals surface area contributed by atoms with Crippen molar-refractivity contribution in [2.45, 2.75) is 25.7 Å². The van der Waals surface area contributed by atoms with Crippen LogP contribution in [0.5, 0.6) is 5.75 Å². The Hall–Kier alpha value is -2.04. The zero-order valence-electron chi connectivity index (χ0n) is 12.2. The zero-order chi connectivity index (χ0) is 15.3. The maximum absolute atomic E-state index is 12.1. The van der Waals surface area contributed by atoms with E-state index < -0.39 is 11.4 Å². The lowest BCUT2D eigenvalue weighted by atomic mass is 9.66. The fourth-order valence-electron chi connectivity index (χ4n) is 2.44. The molecule has 1 aromatic rings. The molecule has 0 spiro atoms. The Labute approximate surface area is 124 Å². The maximum Gasteiger partial charge on any atom is 0.310 e. The Kier molecular flexibility index (Phi) is 4.83. The minimum absolute atomic E-state index is 0.0875. The lowest BCUT2D eigenvalue weighted by Gasteiger charge is -2.37. The van der Waals surface area contributed by atoms with Gasteiger partial charge in [-0.05, 0) is 25.0 Å². The molecular weight excluding hydrogens is 270 g/mol. The van der Waals surface area contributed by atoms with E-state index in [-0.39, 0.29) is 12.3 Å². The van der Waals surface area contributed by atoms with Crippen molar-refractivity contribution in [3.8, 4) is 5.75 Å². The minimum Gasteiger partial charge on any atom is -0.492 e. The van der Waals surface area contributed by atoms with Crippen molar-refractivity contribution in [2.24, 2.45) is 5.41 Å². The Morgan fingerprint density at radius 2 is 1.95 bits per heavy atom. The van der Waals surface area contributed by atoms with Crippen LogP contribution in [0, 0.1) is 5.41 Å². The fraction of sp³-hybridized carbons (Fsp3) is 0.500. The van der Waals surface area contributed by atoms with Crippen LogP contribution in [0.15, 0.2) is 30.3 Å². The average Bonchev–Trinajstić information content (AvgIpc) is 2.43. The van der Waals surface area contributed by atoms with E-state index in [0.717, 1.165) is 12.2 Å². The molecule has 0 radical (unpaired) electrons. The summed E-state index contributed by atoms with van der Waals surface area (Å²) in [5, 5.41) is 9.24. The number of benzene rings is 1. The number of carboxylic acid groups (broad SMARTS) is 1. The SMILES string of the molecule is CN(CCOc1ccccc1)C(=O)CC1(C(=O)O)CCC1. The summed E-state index contributed by atoms with van der Waals surface area (Å²) in [6, 6.07) is 9.40. The quantitative estimate of drug-likeness (QED) is 0.836. The molecule has 1 amide bonds. The number of amides is 1. The van der Waals surface area contributed by atoms with Crippen LogP contribution < -0.4 is 4.74 Å². The van der Waals surface area contributed by atoms with Crippen LogP contribution in [0.1, 0.15) is 25.7 Å². The van der Waals surface area contributed by atoms with Gasteiger partial charge in [-0.3, -0.25) is 9.59 Å². The Morgan fingerprint density at radius 3 is 2.48 bits per heavy atom. The van der Waals surface area contributed by atoms with E-state index in [9.17, 15) is 14.7 Å². The first-order valence-electron chi connectivity index (χ1n) is 7.19. The van der Waals surface area contributed by atoms with Gasteiger partial charge in [-0.25, -0.2) is 0 Å². The molecule has 1 saturated carbocycles. The van der Waals surface area contributed by atoms with Gasteiger partial charge in [-0.1, -0.05) is 24.6 Å².